The second-order valence-electron chi connectivity index (χ2n) is 14.4. The van der Waals surface area contributed by atoms with E-state index in [0.717, 1.165) is 82.8 Å². The molecule has 12 heteroatoms. The van der Waals surface area contributed by atoms with Crippen LogP contribution < -0.4 is 31.7 Å². The molecule has 11 nitrogen and oxygen atoms in total. The average molecular weight is 731 g/mol. The van der Waals surface area contributed by atoms with Crippen LogP contribution in [0, 0.1) is 6.92 Å². The zero-order chi connectivity index (χ0) is 36.6. The molecule has 6 heterocycles. The van der Waals surface area contributed by atoms with Gasteiger partial charge < -0.3 is 26.2 Å². The summed E-state index contributed by atoms with van der Waals surface area (Å²) < 4.78 is 1.58. The number of nitrogens with one attached hydrogen (secondary N) is 4. The molecule has 0 aliphatic carbocycles. The molecule has 0 spiro atoms. The van der Waals surface area contributed by atoms with Gasteiger partial charge >= 0.3 is 0 Å². The lowest BCUT2D eigenvalue weighted by Gasteiger charge is -2.33. The molecular weight excluding hydrogens is 688 g/mol. The van der Waals surface area contributed by atoms with Crippen molar-refractivity contribution in [2.45, 2.75) is 63.7 Å². The molecule has 3 atom stereocenters. The molecule has 5 aromatic rings. The minimum atomic E-state index is -0.119. The summed E-state index contributed by atoms with van der Waals surface area (Å²) in [6, 6.07) is 20.8. The molecule has 4 N–H and O–H groups in total. The first kappa shape index (κ1) is 35.0. The van der Waals surface area contributed by atoms with Crippen molar-refractivity contribution in [3.8, 4) is 33.5 Å². The maximum Gasteiger partial charge on any atom is 0.262 e. The van der Waals surface area contributed by atoms with E-state index in [0.29, 0.717) is 42.2 Å². The maximum absolute atomic E-state index is 13.3. The van der Waals surface area contributed by atoms with Crippen LogP contribution in [0.25, 0.3) is 39.2 Å². The van der Waals surface area contributed by atoms with Crippen LogP contribution in [-0.4, -0.2) is 64.9 Å². The lowest BCUT2D eigenvalue weighted by atomic mass is 9.91. The molecule has 272 valence electrons. The van der Waals surface area contributed by atoms with E-state index in [1.54, 1.807) is 16.8 Å². The highest BCUT2D eigenvalue weighted by molar-refractivity contribution is 6.36. The highest BCUT2D eigenvalue weighted by Gasteiger charge is 2.28. The highest BCUT2D eigenvalue weighted by Crippen LogP contribution is 2.41. The Labute approximate surface area is 313 Å². The molecule has 3 aromatic heterocycles. The van der Waals surface area contributed by atoms with Gasteiger partial charge in [-0.2, -0.15) is 0 Å². The van der Waals surface area contributed by atoms with Crippen molar-refractivity contribution in [1.82, 2.24) is 35.6 Å². The van der Waals surface area contributed by atoms with Crippen LogP contribution in [0.1, 0.15) is 54.8 Å². The van der Waals surface area contributed by atoms with E-state index in [1.165, 1.54) is 0 Å². The number of hydrogen-bond acceptors (Lipinski definition) is 8. The molecule has 0 bridgehead atoms. The van der Waals surface area contributed by atoms with Gasteiger partial charge in [-0.3, -0.25) is 18.8 Å². The molecule has 2 saturated heterocycles. The summed E-state index contributed by atoms with van der Waals surface area (Å²) in [7, 11) is 2.07. The number of halogens is 1. The van der Waals surface area contributed by atoms with Crippen molar-refractivity contribution in [2.75, 3.05) is 31.6 Å². The van der Waals surface area contributed by atoms with Crippen molar-refractivity contribution in [3.63, 3.8) is 0 Å². The third-order valence-corrected chi connectivity index (χ3v) is 11.3. The number of carbonyl (C=O) groups excluding carboxylic acids is 2. The molecule has 8 rings (SSSR count). The third kappa shape index (κ3) is 7.04. The molecule has 0 saturated carbocycles. The summed E-state index contributed by atoms with van der Waals surface area (Å²) in [6.45, 7) is 4.69. The van der Waals surface area contributed by atoms with Crippen molar-refractivity contribution in [3.05, 3.63) is 105 Å². The van der Waals surface area contributed by atoms with Gasteiger partial charge in [0, 0.05) is 98.8 Å². The number of benzene rings is 2. The van der Waals surface area contributed by atoms with Crippen molar-refractivity contribution >= 4 is 34.9 Å². The van der Waals surface area contributed by atoms with Gasteiger partial charge in [0.2, 0.25) is 11.8 Å². The van der Waals surface area contributed by atoms with Gasteiger partial charge in [0.15, 0.2) is 0 Å². The standard InChI is InChI=1S/C41H43ClN8O3/c1-24-29(25-15-18-50-36(19-25)45-21-26(41(50)53)20-43-22-27-9-13-37(51)46-27)5-3-6-30(24)31-7-4-8-32(39(31)42)35-12-11-33-34(16-17-49(2)40(33)48-35)44-23-28-10-14-38(52)47-28/h3-8,11-12,15,18-19,21,27-28,34,43-44H,9-10,13-14,16-17,20,22-23H2,1-2H3,(H,46,51)(H,47,52)/t27-,28-,34-/m1/s1. The maximum atomic E-state index is 13.3. The molecule has 2 amide bonds. The Morgan fingerprint density at radius 1 is 0.868 bits per heavy atom. The fourth-order valence-corrected chi connectivity index (χ4v) is 8.21. The van der Waals surface area contributed by atoms with Crippen LogP contribution >= 0.6 is 11.6 Å². The highest BCUT2D eigenvalue weighted by atomic mass is 35.5. The van der Waals surface area contributed by atoms with Gasteiger partial charge in [0.25, 0.3) is 5.56 Å². The average Bonchev–Trinajstić information content (AvgIpc) is 3.79. The first-order valence-electron chi connectivity index (χ1n) is 18.4. The van der Waals surface area contributed by atoms with Gasteiger partial charge in [0.05, 0.1) is 10.7 Å². The van der Waals surface area contributed by atoms with E-state index in [-0.39, 0.29) is 35.5 Å². The second kappa shape index (κ2) is 14.7. The van der Waals surface area contributed by atoms with E-state index in [1.807, 2.05) is 36.4 Å². The van der Waals surface area contributed by atoms with Crippen molar-refractivity contribution in [1.29, 1.82) is 0 Å². The number of carbonyl (C=O) groups is 2. The smallest absolute Gasteiger partial charge is 0.262 e. The SMILES string of the molecule is Cc1c(-c2ccn3c(=O)c(CNC[C@H]4CCC(=O)N4)cnc3c2)cccc1-c1cccc(-c2ccc3c(n2)N(C)CC[C@H]3NC[C@H]2CCC(=O)N2)c1Cl. The summed E-state index contributed by atoms with van der Waals surface area (Å²) in [6.07, 6.45) is 7.19. The number of rotatable bonds is 10. The lowest BCUT2D eigenvalue weighted by molar-refractivity contribution is -0.120. The number of amides is 2. The number of nitrogens with zero attached hydrogens (tertiary/aromatic N) is 4. The van der Waals surface area contributed by atoms with Crippen LogP contribution in [-0.2, 0) is 16.1 Å². The van der Waals surface area contributed by atoms with E-state index in [2.05, 4.69) is 69.4 Å². The Balaban J connectivity index is 1.03. The first-order valence-corrected chi connectivity index (χ1v) is 18.8. The number of anilines is 1. The summed E-state index contributed by atoms with van der Waals surface area (Å²) in [5.74, 6) is 1.14. The molecule has 3 aliphatic heterocycles. The monoisotopic (exact) mass is 730 g/mol. The van der Waals surface area contributed by atoms with Crippen molar-refractivity contribution < 1.29 is 9.59 Å². The van der Waals surface area contributed by atoms with Gasteiger partial charge in [-0.15, -0.1) is 0 Å². The number of aromatic nitrogens is 3. The van der Waals surface area contributed by atoms with Gasteiger partial charge in [-0.25, -0.2) is 9.97 Å². The fourth-order valence-electron chi connectivity index (χ4n) is 7.89. The molecule has 3 aliphatic rings. The van der Waals surface area contributed by atoms with Crippen LogP contribution in [0.3, 0.4) is 0 Å². The summed E-state index contributed by atoms with van der Waals surface area (Å²) in [5, 5.41) is 13.6. The molecule has 2 aromatic carbocycles. The quantitative estimate of drug-likeness (QED) is 0.155. The van der Waals surface area contributed by atoms with E-state index in [9.17, 15) is 14.4 Å². The summed E-state index contributed by atoms with van der Waals surface area (Å²) >= 11 is 7.25. The van der Waals surface area contributed by atoms with E-state index >= 15 is 0 Å². The van der Waals surface area contributed by atoms with Crippen LogP contribution in [0.4, 0.5) is 5.82 Å². The molecular formula is C41H43ClN8O3. The van der Waals surface area contributed by atoms with Crippen LogP contribution in [0.2, 0.25) is 5.02 Å². The molecule has 53 heavy (non-hydrogen) atoms. The van der Waals surface area contributed by atoms with Gasteiger partial charge in [-0.05, 0) is 66.6 Å². The van der Waals surface area contributed by atoms with Gasteiger partial charge in [-0.1, -0.05) is 54.1 Å². The Kier molecular flexibility index (Phi) is 9.72. The van der Waals surface area contributed by atoms with E-state index in [4.69, 9.17) is 16.6 Å². The minimum absolute atomic E-state index is 0.0741. The Bertz CT molecular complexity index is 2290. The lowest BCUT2D eigenvalue weighted by Crippen LogP contribution is -2.40. The summed E-state index contributed by atoms with van der Waals surface area (Å²) in [4.78, 5) is 48.5. The summed E-state index contributed by atoms with van der Waals surface area (Å²) in [5.41, 5.74) is 8.80. The molecule has 0 unspecified atom stereocenters. The van der Waals surface area contributed by atoms with Crippen LogP contribution in [0.5, 0.6) is 0 Å². The first-order chi connectivity index (χ1) is 25.7. The molecule has 2 fully saturated rings. The topological polar surface area (TPSA) is 133 Å². The Hall–Kier alpha value is -5.10. The Morgan fingerprint density at radius 2 is 1.58 bits per heavy atom. The number of fused-ring (bicyclic) bond motifs is 2. The normalized spacial score (nSPS) is 19.8. The van der Waals surface area contributed by atoms with Gasteiger partial charge in [0.1, 0.15) is 11.5 Å². The zero-order valence-electron chi connectivity index (χ0n) is 29.9. The van der Waals surface area contributed by atoms with E-state index < -0.39 is 0 Å². The molecule has 0 radical (unpaired) electrons. The predicted molar refractivity (Wildman–Crippen MR) is 208 cm³/mol. The number of hydrogen-bond donors (Lipinski definition) is 4. The fraction of sp³-hybridized carbons (Fsp3) is 0.341. The predicted octanol–water partition coefficient (Wildman–Crippen LogP) is 5.17. The second-order valence-corrected chi connectivity index (χ2v) is 14.8. The van der Waals surface area contributed by atoms with Crippen molar-refractivity contribution in [2.24, 2.45) is 0 Å². The Morgan fingerprint density at radius 3 is 2.34 bits per heavy atom. The number of pyridine rings is 2. The van der Waals surface area contributed by atoms with Crippen LogP contribution in [0.15, 0.2) is 77.9 Å². The zero-order valence-corrected chi connectivity index (χ0v) is 30.7. The minimum Gasteiger partial charge on any atom is -0.359 e. The third-order valence-electron chi connectivity index (χ3n) is 10.9. The largest absolute Gasteiger partial charge is 0.359 e.